The molecule has 2 rings (SSSR count). The molecule has 60 valence electrons. The fraction of sp³-hybridized carbons (Fsp3) is 0. The molecule has 0 saturated heterocycles. The molecule has 2 aromatic rings. The van der Waals surface area contributed by atoms with Crippen molar-refractivity contribution in [3.8, 4) is 0 Å². The maximum Gasteiger partial charge on any atom is 0.222 e. The number of rotatable bonds is 2. The molecule has 0 atom stereocenters. The van der Waals surface area contributed by atoms with Crippen LogP contribution < -0.4 is 5.32 Å². The Balaban J connectivity index is 2.15. The first-order chi connectivity index (χ1) is 5.95. The van der Waals surface area contributed by atoms with Crippen molar-refractivity contribution in [2.24, 2.45) is 0 Å². The summed E-state index contributed by atoms with van der Waals surface area (Å²) in [5, 5.41) is 9.49. The van der Waals surface area contributed by atoms with Crippen molar-refractivity contribution in [1.82, 2.24) is 15.2 Å². The van der Waals surface area contributed by atoms with Crippen LogP contribution in [0.25, 0.3) is 0 Å². The van der Waals surface area contributed by atoms with Crippen LogP contribution in [-0.4, -0.2) is 15.2 Å². The van der Waals surface area contributed by atoms with Gasteiger partial charge < -0.3 is 5.32 Å². The molecule has 0 unspecified atom stereocenters. The zero-order valence-electron chi connectivity index (χ0n) is 6.36. The average Bonchev–Trinajstić information content (AvgIpc) is 2.59. The molecule has 4 nitrogen and oxygen atoms in total. The van der Waals surface area contributed by atoms with E-state index in [0.717, 1.165) is 5.69 Å². The Labute approximate surface area is 69.7 Å². The summed E-state index contributed by atoms with van der Waals surface area (Å²) in [5.74, 6) is 0.654. The highest BCUT2D eigenvalue weighted by Crippen LogP contribution is 2.09. The summed E-state index contributed by atoms with van der Waals surface area (Å²) in [6, 6.07) is 9.80. The second kappa shape index (κ2) is 3.04. The van der Waals surface area contributed by atoms with E-state index in [9.17, 15) is 0 Å². The third-order valence-electron chi connectivity index (χ3n) is 1.45. The number of aromatic amines is 1. The third kappa shape index (κ3) is 1.42. The third-order valence-corrected chi connectivity index (χ3v) is 1.45. The maximum atomic E-state index is 3.93. The van der Waals surface area contributed by atoms with Gasteiger partial charge in [-0.1, -0.05) is 18.2 Å². The molecule has 0 spiro atoms. The monoisotopic (exact) mass is 160 g/mol. The van der Waals surface area contributed by atoms with E-state index in [1.807, 2.05) is 30.3 Å². The molecule has 0 aliphatic rings. The molecule has 1 heterocycles. The smallest absolute Gasteiger partial charge is 0.222 e. The molecule has 1 aromatic carbocycles. The van der Waals surface area contributed by atoms with E-state index in [2.05, 4.69) is 20.5 Å². The van der Waals surface area contributed by atoms with E-state index in [4.69, 9.17) is 0 Å². The molecule has 0 aliphatic carbocycles. The van der Waals surface area contributed by atoms with Crippen LogP contribution in [0, 0.1) is 0 Å². The van der Waals surface area contributed by atoms with Crippen LogP contribution in [0.3, 0.4) is 0 Å². The van der Waals surface area contributed by atoms with E-state index in [1.54, 1.807) is 0 Å². The average molecular weight is 160 g/mol. The van der Waals surface area contributed by atoms with E-state index >= 15 is 0 Å². The molecule has 1 aromatic heterocycles. The maximum absolute atomic E-state index is 3.93. The highest BCUT2D eigenvalue weighted by atomic mass is 15.3. The molecule has 0 aliphatic heterocycles. The van der Waals surface area contributed by atoms with Crippen LogP contribution in [0.1, 0.15) is 0 Å². The first kappa shape index (κ1) is 6.84. The lowest BCUT2D eigenvalue weighted by molar-refractivity contribution is 1.09. The Morgan fingerprint density at radius 1 is 1.17 bits per heavy atom. The van der Waals surface area contributed by atoms with Gasteiger partial charge in [0.1, 0.15) is 6.33 Å². The van der Waals surface area contributed by atoms with Gasteiger partial charge in [0.2, 0.25) is 5.95 Å². The second-order valence-corrected chi connectivity index (χ2v) is 2.33. The normalized spacial score (nSPS) is 9.67. The van der Waals surface area contributed by atoms with Gasteiger partial charge in [-0.15, -0.1) is 0 Å². The number of aromatic nitrogens is 3. The van der Waals surface area contributed by atoms with Crippen molar-refractivity contribution < 1.29 is 0 Å². The number of nitrogens with one attached hydrogen (secondary N) is 2. The molecule has 0 fully saturated rings. The lowest BCUT2D eigenvalue weighted by Crippen LogP contribution is -1.91. The van der Waals surface area contributed by atoms with Crippen LogP contribution >= 0.6 is 0 Å². The second-order valence-electron chi connectivity index (χ2n) is 2.33. The van der Waals surface area contributed by atoms with Gasteiger partial charge in [0.15, 0.2) is 0 Å². The molecule has 0 bridgehead atoms. The number of para-hydroxylation sites is 1. The summed E-state index contributed by atoms with van der Waals surface area (Å²) < 4.78 is 0. The van der Waals surface area contributed by atoms with E-state index in [0.29, 0.717) is 5.95 Å². The minimum Gasteiger partial charge on any atom is -0.325 e. The summed E-state index contributed by atoms with van der Waals surface area (Å²) >= 11 is 0. The molecule has 0 radical (unpaired) electrons. The van der Waals surface area contributed by atoms with Crippen molar-refractivity contribution >= 4 is 11.6 Å². The van der Waals surface area contributed by atoms with Gasteiger partial charge in [-0.3, -0.25) is 0 Å². The fourth-order valence-electron chi connectivity index (χ4n) is 0.924. The summed E-state index contributed by atoms with van der Waals surface area (Å²) in [6.07, 6.45) is 1.46. The Morgan fingerprint density at radius 3 is 2.67 bits per heavy atom. The van der Waals surface area contributed by atoms with Gasteiger partial charge in [0.25, 0.3) is 0 Å². The minimum absolute atomic E-state index is 0.654. The Kier molecular flexibility index (Phi) is 1.74. The lowest BCUT2D eigenvalue weighted by Gasteiger charge is -1.99. The van der Waals surface area contributed by atoms with Crippen molar-refractivity contribution in [2.45, 2.75) is 0 Å². The number of H-pyrrole nitrogens is 1. The zero-order chi connectivity index (χ0) is 8.23. The molecule has 12 heavy (non-hydrogen) atoms. The van der Waals surface area contributed by atoms with Gasteiger partial charge >= 0.3 is 0 Å². The van der Waals surface area contributed by atoms with Crippen molar-refractivity contribution in [3.05, 3.63) is 36.7 Å². The van der Waals surface area contributed by atoms with Crippen LogP contribution in [-0.2, 0) is 0 Å². The predicted molar refractivity (Wildman–Crippen MR) is 46.1 cm³/mol. The van der Waals surface area contributed by atoms with E-state index < -0.39 is 0 Å². The molecular formula is C8H8N4. The SMILES string of the molecule is c1ccc(Nc2ncn[nH]2)cc1. The van der Waals surface area contributed by atoms with E-state index in [-0.39, 0.29) is 0 Å². The van der Waals surface area contributed by atoms with Crippen molar-refractivity contribution in [3.63, 3.8) is 0 Å². The largest absolute Gasteiger partial charge is 0.325 e. The predicted octanol–water partition coefficient (Wildman–Crippen LogP) is 1.55. The number of benzene rings is 1. The first-order valence-electron chi connectivity index (χ1n) is 3.62. The highest BCUT2D eigenvalue weighted by molar-refractivity contribution is 5.51. The van der Waals surface area contributed by atoms with Gasteiger partial charge in [-0.05, 0) is 12.1 Å². The van der Waals surface area contributed by atoms with Crippen LogP contribution in [0.5, 0.6) is 0 Å². The topological polar surface area (TPSA) is 53.6 Å². The number of nitrogens with zero attached hydrogens (tertiary/aromatic N) is 2. The van der Waals surface area contributed by atoms with Crippen LogP contribution in [0.2, 0.25) is 0 Å². The van der Waals surface area contributed by atoms with Crippen molar-refractivity contribution in [1.29, 1.82) is 0 Å². The Morgan fingerprint density at radius 2 is 2.00 bits per heavy atom. The first-order valence-corrected chi connectivity index (χ1v) is 3.62. The van der Waals surface area contributed by atoms with Crippen LogP contribution in [0.4, 0.5) is 11.6 Å². The molecule has 4 heteroatoms. The van der Waals surface area contributed by atoms with Gasteiger partial charge in [-0.2, -0.15) is 10.1 Å². The number of hydrogen-bond acceptors (Lipinski definition) is 3. The fourth-order valence-corrected chi connectivity index (χ4v) is 0.924. The van der Waals surface area contributed by atoms with Gasteiger partial charge in [0.05, 0.1) is 0 Å². The Bertz CT molecular complexity index is 327. The summed E-state index contributed by atoms with van der Waals surface area (Å²) in [6.45, 7) is 0. The summed E-state index contributed by atoms with van der Waals surface area (Å²) in [4.78, 5) is 3.93. The molecule has 0 amide bonds. The molecule has 0 saturated carbocycles. The van der Waals surface area contributed by atoms with Gasteiger partial charge in [-0.25, -0.2) is 5.10 Å². The molecular weight excluding hydrogens is 152 g/mol. The standard InChI is InChI=1S/C8H8N4/c1-2-4-7(5-3-1)11-8-9-6-10-12-8/h1-6H,(H2,9,10,11,12). The summed E-state index contributed by atoms with van der Waals surface area (Å²) in [7, 11) is 0. The lowest BCUT2D eigenvalue weighted by atomic mass is 10.3. The van der Waals surface area contributed by atoms with Crippen molar-refractivity contribution in [2.75, 3.05) is 5.32 Å². The number of hydrogen-bond donors (Lipinski definition) is 2. The van der Waals surface area contributed by atoms with Gasteiger partial charge in [0, 0.05) is 5.69 Å². The van der Waals surface area contributed by atoms with E-state index in [1.165, 1.54) is 6.33 Å². The minimum atomic E-state index is 0.654. The quantitative estimate of drug-likeness (QED) is 0.700. The zero-order valence-corrected chi connectivity index (χ0v) is 6.36. The summed E-state index contributed by atoms with van der Waals surface area (Å²) in [5.41, 5.74) is 0.995. The van der Waals surface area contributed by atoms with Crippen LogP contribution in [0.15, 0.2) is 36.7 Å². The Hall–Kier alpha value is -1.84. The highest BCUT2D eigenvalue weighted by Gasteiger charge is 1.93. The number of anilines is 2. The molecule has 2 N–H and O–H groups in total.